The van der Waals surface area contributed by atoms with Crippen LogP contribution in [-0.2, 0) is 0 Å². The number of hydrogen-bond donors (Lipinski definition) is 2. The van der Waals surface area contributed by atoms with Gasteiger partial charge in [-0.15, -0.1) is 0 Å². The third-order valence-electron chi connectivity index (χ3n) is 2.52. The molecular weight excluding hydrogens is 319 g/mol. The highest BCUT2D eigenvalue weighted by atomic mass is 79.9. The molecule has 3 nitrogen and oxygen atoms in total. The maximum absolute atomic E-state index is 12.7. The van der Waals surface area contributed by atoms with Gasteiger partial charge in [0.2, 0.25) is 0 Å². The highest BCUT2D eigenvalue weighted by Crippen LogP contribution is 2.31. The standard InChI is InChI=1S/C9H16F3N3S.BrH/c10-9(11,12)7(16-8(13)14)6-15-4-2-1-3-5-15;/h7H,1-6H2,(H3,13,14);1H. The molecule has 8 heteroatoms. The van der Waals surface area contributed by atoms with Crippen LogP contribution in [0, 0.1) is 0 Å². The van der Waals surface area contributed by atoms with E-state index in [0.717, 1.165) is 32.4 Å². The molecule has 1 aliphatic heterocycles. The molecule has 0 aromatic rings. The van der Waals surface area contributed by atoms with E-state index >= 15 is 0 Å². The fraction of sp³-hybridized carbons (Fsp3) is 0.889. The van der Waals surface area contributed by atoms with Crippen LogP contribution in [0.3, 0.4) is 0 Å². The highest BCUT2D eigenvalue weighted by Gasteiger charge is 2.42. The van der Waals surface area contributed by atoms with Crippen LogP contribution in [-0.4, -0.2) is 41.1 Å². The maximum atomic E-state index is 12.7. The summed E-state index contributed by atoms with van der Waals surface area (Å²) in [7, 11) is 0. The molecule has 0 amide bonds. The second kappa shape index (κ2) is 7.48. The number of nitrogens with two attached hydrogens (primary N) is 2. The Balaban J connectivity index is 0.00000256. The fourth-order valence-corrected chi connectivity index (χ4v) is 2.50. The average molecular weight is 336 g/mol. The molecule has 17 heavy (non-hydrogen) atoms. The molecule has 1 heterocycles. The van der Waals surface area contributed by atoms with Gasteiger partial charge in [0.05, 0.1) is 0 Å². The van der Waals surface area contributed by atoms with Crippen LogP contribution in [0.25, 0.3) is 0 Å². The van der Waals surface area contributed by atoms with Crippen molar-refractivity contribution in [2.24, 2.45) is 5.73 Å². The van der Waals surface area contributed by atoms with Gasteiger partial charge >= 0.3 is 6.18 Å². The van der Waals surface area contributed by atoms with E-state index in [2.05, 4.69) is 0 Å². The van der Waals surface area contributed by atoms with Crippen LogP contribution in [0.4, 0.5) is 13.2 Å². The van der Waals surface area contributed by atoms with Gasteiger partial charge in [-0.25, -0.2) is 0 Å². The van der Waals surface area contributed by atoms with E-state index in [1.54, 1.807) is 0 Å². The summed E-state index contributed by atoms with van der Waals surface area (Å²) in [6.07, 6.45) is -1.22. The van der Waals surface area contributed by atoms with Crippen LogP contribution < -0.4 is 28.1 Å². The number of halogens is 4. The smallest absolute Gasteiger partial charge is 0.402 e. The summed E-state index contributed by atoms with van der Waals surface area (Å²) in [5.41, 5.74) is 5.13. The minimum Gasteiger partial charge on any atom is -1.00 e. The molecule has 0 aliphatic carbocycles. The lowest BCUT2D eigenvalue weighted by Crippen LogP contribution is -3.00. The quantitative estimate of drug-likeness (QED) is 0.433. The summed E-state index contributed by atoms with van der Waals surface area (Å²) in [6, 6.07) is 0. The molecular formula is C9H17BrF3N3S. The number of hydrogen-bond acceptors (Lipinski definition) is 2. The second-order valence-electron chi connectivity index (χ2n) is 3.91. The lowest BCUT2D eigenvalue weighted by atomic mass is 10.1. The van der Waals surface area contributed by atoms with E-state index in [4.69, 9.17) is 11.1 Å². The number of nitrogens with zero attached hydrogens (tertiary/aromatic N) is 1. The van der Waals surface area contributed by atoms with Crippen LogP contribution >= 0.6 is 11.8 Å². The highest BCUT2D eigenvalue weighted by molar-refractivity contribution is 8.14. The molecule has 0 spiro atoms. The molecule has 102 valence electrons. The monoisotopic (exact) mass is 335 g/mol. The summed E-state index contributed by atoms with van der Waals surface area (Å²) in [5.74, 6) is 0. The summed E-state index contributed by atoms with van der Waals surface area (Å²) in [5, 5.41) is 3.39. The second-order valence-corrected chi connectivity index (χ2v) is 5.19. The van der Waals surface area contributed by atoms with Gasteiger partial charge in [0.25, 0.3) is 5.17 Å². The van der Waals surface area contributed by atoms with Gasteiger partial charge in [0.15, 0.2) is 0 Å². The molecule has 1 rings (SSSR count). The largest absolute Gasteiger partial charge is 1.00 e. The molecule has 0 radical (unpaired) electrons. The summed E-state index contributed by atoms with van der Waals surface area (Å²) in [6.45, 7) is 1.45. The van der Waals surface area contributed by atoms with Crippen molar-refractivity contribution >= 4 is 16.9 Å². The number of alkyl halides is 3. The van der Waals surface area contributed by atoms with Crippen molar-refractivity contribution in [3.8, 4) is 0 Å². The Morgan fingerprint density at radius 2 is 1.82 bits per heavy atom. The Kier molecular flexibility index (Phi) is 7.50. The van der Waals surface area contributed by atoms with Crippen molar-refractivity contribution in [2.45, 2.75) is 30.7 Å². The van der Waals surface area contributed by atoms with Gasteiger partial charge in [-0.2, -0.15) is 13.2 Å². The number of thioether (sulfide) groups is 1. The third-order valence-corrected chi connectivity index (χ3v) is 3.49. The third kappa shape index (κ3) is 6.52. The van der Waals surface area contributed by atoms with Gasteiger partial charge in [0, 0.05) is 6.54 Å². The summed E-state index contributed by atoms with van der Waals surface area (Å²) >= 11 is 0.506. The Hall–Kier alpha value is 0.0500. The molecule has 0 bridgehead atoms. The Bertz CT molecular complexity index is 244. The van der Waals surface area contributed by atoms with E-state index in [9.17, 15) is 13.2 Å². The van der Waals surface area contributed by atoms with Crippen molar-refractivity contribution in [2.75, 3.05) is 19.6 Å². The van der Waals surface area contributed by atoms with E-state index in [1.807, 2.05) is 4.90 Å². The molecule has 0 aromatic carbocycles. The number of piperidine rings is 1. The van der Waals surface area contributed by atoms with E-state index in [1.165, 1.54) is 0 Å². The topological polar surface area (TPSA) is 54.9 Å². The molecule has 1 fully saturated rings. The van der Waals surface area contributed by atoms with Crippen LogP contribution in [0.1, 0.15) is 19.3 Å². The summed E-state index contributed by atoms with van der Waals surface area (Å²) in [4.78, 5) is 1.83. The maximum Gasteiger partial charge on any atom is 0.402 e. The normalized spacial score (nSPS) is 19.5. The van der Waals surface area contributed by atoms with E-state index < -0.39 is 11.4 Å². The van der Waals surface area contributed by atoms with Crippen LogP contribution in [0.2, 0.25) is 0 Å². The SMILES string of the molecule is NC(=[NH2+])SC(CN1CCCCC1)C(F)(F)F.[Br-]. The zero-order valence-electron chi connectivity index (χ0n) is 9.34. The minimum atomic E-state index is -4.26. The first-order valence-corrected chi connectivity index (χ1v) is 6.11. The zero-order valence-corrected chi connectivity index (χ0v) is 11.7. The van der Waals surface area contributed by atoms with Gasteiger partial charge in [-0.1, -0.05) is 6.42 Å². The van der Waals surface area contributed by atoms with Crippen molar-refractivity contribution in [3.05, 3.63) is 0 Å². The Labute approximate surface area is 114 Å². The molecule has 1 saturated heterocycles. The van der Waals surface area contributed by atoms with Gasteiger partial charge in [-0.05, 0) is 37.7 Å². The molecule has 4 N–H and O–H groups in total. The number of rotatable bonds is 3. The molecule has 0 aromatic heterocycles. The average Bonchev–Trinajstić information content (AvgIpc) is 2.16. The first kappa shape index (κ1) is 17.1. The van der Waals surface area contributed by atoms with E-state index in [0.29, 0.717) is 11.8 Å². The first-order valence-electron chi connectivity index (χ1n) is 5.23. The van der Waals surface area contributed by atoms with Gasteiger partial charge < -0.3 is 21.9 Å². The first-order chi connectivity index (χ1) is 7.39. The minimum absolute atomic E-state index is 0. The Morgan fingerprint density at radius 3 is 2.24 bits per heavy atom. The fourth-order valence-electron chi connectivity index (χ4n) is 1.75. The van der Waals surface area contributed by atoms with Crippen molar-refractivity contribution in [1.82, 2.24) is 4.90 Å². The molecule has 0 saturated carbocycles. The van der Waals surface area contributed by atoms with Crippen LogP contribution in [0.5, 0.6) is 0 Å². The summed E-state index contributed by atoms with van der Waals surface area (Å²) < 4.78 is 38.0. The van der Waals surface area contributed by atoms with Crippen molar-refractivity contribution < 1.29 is 35.6 Å². The molecule has 1 atom stereocenters. The van der Waals surface area contributed by atoms with Crippen LogP contribution in [0.15, 0.2) is 0 Å². The number of likely N-dealkylation sites (tertiary alicyclic amines) is 1. The van der Waals surface area contributed by atoms with Gasteiger partial charge in [0.1, 0.15) is 5.25 Å². The predicted octanol–water partition coefficient (Wildman–Crippen LogP) is -2.79. The molecule has 1 aliphatic rings. The number of amidine groups is 1. The van der Waals surface area contributed by atoms with Crippen molar-refractivity contribution in [1.29, 1.82) is 0 Å². The lowest BCUT2D eigenvalue weighted by Gasteiger charge is -2.30. The van der Waals surface area contributed by atoms with Crippen molar-refractivity contribution in [3.63, 3.8) is 0 Å². The van der Waals surface area contributed by atoms with Gasteiger partial charge in [-0.3, -0.25) is 11.1 Å². The Morgan fingerprint density at radius 1 is 1.29 bits per heavy atom. The van der Waals surface area contributed by atoms with E-state index in [-0.39, 0.29) is 28.7 Å². The lowest BCUT2D eigenvalue weighted by molar-refractivity contribution is -0.133. The predicted molar refractivity (Wildman–Crippen MR) is 58.8 cm³/mol. The molecule has 1 unspecified atom stereocenters. The zero-order chi connectivity index (χ0) is 12.2.